The minimum absolute atomic E-state index is 0.563. The number of rotatable bonds is 10. The number of ether oxygens (including phenoxy) is 5. The van der Waals surface area contributed by atoms with Crippen molar-refractivity contribution in [3.8, 4) is 0 Å². The topological polar surface area (TPSA) is 289 Å². The summed E-state index contributed by atoms with van der Waals surface area (Å²) in [4.78, 5) is 11.2. The Balaban J connectivity index is 1.75. The summed E-state index contributed by atoms with van der Waals surface area (Å²) in [5.74, 6) is -4.79. The van der Waals surface area contributed by atoms with Gasteiger partial charge in [-0.15, -0.1) is 0 Å². The third kappa shape index (κ3) is 7.80. The summed E-state index contributed by atoms with van der Waals surface area (Å²) in [7, 11) is -4.95. The van der Waals surface area contributed by atoms with Crippen LogP contribution in [0.2, 0.25) is 0 Å². The minimum Gasteiger partial charge on any atom is -0.475 e. The molecule has 19 heteroatoms. The largest absolute Gasteiger partial charge is 0.475 e. The zero-order valence-corrected chi connectivity index (χ0v) is 21.1. The van der Waals surface area contributed by atoms with Crippen LogP contribution in [0.15, 0.2) is 11.8 Å². The van der Waals surface area contributed by atoms with Gasteiger partial charge in [-0.05, 0) is 13.0 Å². The number of hydrogen-bond acceptors (Lipinski definition) is 16. The highest BCUT2D eigenvalue weighted by molar-refractivity contribution is 7.80. The molecule has 3 aliphatic rings. The molecule has 0 radical (unpaired) electrons. The van der Waals surface area contributed by atoms with Crippen molar-refractivity contribution in [1.29, 1.82) is 0 Å². The van der Waals surface area contributed by atoms with E-state index < -0.39 is 121 Å². The van der Waals surface area contributed by atoms with Gasteiger partial charge in [0.05, 0.1) is 32.0 Å². The summed E-state index contributed by atoms with van der Waals surface area (Å²) >= 11 is 0. The maximum atomic E-state index is 11.2. The predicted octanol–water partition coefficient (Wildman–Crippen LogP) is -4.98. The number of aliphatic hydroxyl groups excluding tert-OH is 7. The van der Waals surface area contributed by atoms with Gasteiger partial charge in [-0.25, -0.2) is 8.98 Å². The van der Waals surface area contributed by atoms with E-state index in [0.29, 0.717) is 0 Å². The first-order valence-electron chi connectivity index (χ1n) is 11.6. The van der Waals surface area contributed by atoms with Crippen LogP contribution in [0, 0.1) is 11.8 Å². The fraction of sp³-hybridized carbons (Fsp3) is 0.850. The number of carboxylic acids is 1. The fourth-order valence-corrected chi connectivity index (χ4v) is 4.59. The van der Waals surface area contributed by atoms with Gasteiger partial charge in [-0.1, -0.05) is 0 Å². The minimum atomic E-state index is -4.95. The molecule has 13 atom stereocenters. The molecule has 226 valence electrons. The van der Waals surface area contributed by atoms with E-state index in [4.69, 9.17) is 33.3 Å². The van der Waals surface area contributed by atoms with Gasteiger partial charge in [0.15, 0.2) is 12.6 Å². The van der Waals surface area contributed by atoms with Gasteiger partial charge in [0.2, 0.25) is 12.0 Å². The first kappa shape index (κ1) is 32.0. The summed E-state index contributed by atoms with van der Waals surface area (Å²) in [5, 5.41) is 80.6. The molecule has 3 heterocycles. The van der Waals surface area contributed by atoms with Gasteiger partial charge in [0.25, 0.3) is 0 Å². The summed E-state index contributed by atoms with van der Waals surface area (Å²) in [6.07, 6.45) is -16.8. The van der Waals surface area contributed by atoms with Crippen molar-refractivity contribution >= 4 is 16.4 Å². The van der Waals surface area contributed by atoms with Crippen LogP contribution < -0.4 is 0 Å². The summed E-state index contributed by atoms with van der Waals surface area (Å²) in [6.45, 7) is -0.723. The quantitative estimate of drug-likeness (QED) is 0.107. The van der Waals surface area contributed by atoms with Gasteiger partial charge in [-0.3, -0.25) is 4.55 Å². The number of carbonyl (C=O) groups is 1. The first-order valence-corrected chi connectivity index (χ1v) is 13.0. The maximum absolute atomic E-state index is 11.2. The number of aliphatic carboxylic acids is 1. The van der Waals surface area contributed by atoms with Crippen LogP contribution in [0.4, 0.5) is 0 Å². The van der Waals surface area contributed by atoms with Crippen molar-refractivity contribution in [3.05, 3.63) is 11.8 Å². The van der Waals surface area contributed by atoms with Gasteiger partial charge in [-0.2, -0.15) is 8.42 Å². The van der Waals surface area contributed by atoms with Crippen LogP contribution in [0.5, 0.6) is 0 Å². The molecule has 2 saturated heterocycles. The molecular weight excluding hydrogens is 560 g/mol. The third-order valence-corrected chi connectivity index (χ3v) is 6.98. The molecule has 0 aromatic carbocycles. The van der Waals surface area contributed by atoms with Crippen LogP contribution >= 0.6 is 0 Å². The fourth-order valence-electron chi connectivity index (χ4n) is 4.29. The second-order valence-corrected chi connectivity index (χ2v) is 10.3. The van der Waals surface area contributed by atoms with Crippen molar-refractivity contribution < 1.29 is 86.5 Å². The lowest BCUT2D eigenvalue weighted by Gasteiger charge is -2.44. The highest BCUT2D eigenvalue weighted by Crippen LogP contribution is 2.34. The Morgan fingerprint density at radius 3 is 2.08 bits per heavy atom. The average molecular weight is 593 g/mol. The lowest BCUT2D eigenvalue weighted by molar-refractivity contribution is -0.314. The van der Waals surface area contributed by atoms with Crippen LogP contribution in [0.3, 0.4) is 0 Å². The molecule has 0 saturated carbocycles. The van der Waals surface area contributed by atoms with E-state index in [9.17, 15) is 49.0 Å². The van der Waals surface area contributed by atoms with E-state index in [-0.39, 0.29) is 0 Å². The Labute approximate surface area is 221 Å². The standard InChI is InChI=1S/C20H32O18S/c1-6-12(22)15(25)16(26)20(36-6)33-3-7-8(18(29)37-11(13(7)23)5-35-39(30,31)32)4-34-19-14(24)9(21)2-10(38-19)17(27)28/h2,6-9,11-16,18-26,29H,3-5H2,1H3,(H,27,28)(H,30,31,32)/t6?,7-,8?,9+,11?,12+,13-,14?,15-,16?,18-,19+,20+/m0/s1. The number of hydrogen-bond donors (Lipinski definition) is 9. The average Bonchev–Trinajstić information content (AvgIpc) is 2.85. The predicted molar refractivity (Wildman–Crippen MR) is 118 cm³/mol. The van der Waals surface area contributed by atoms with Gasteiger partial charge in [0, 0.05) is 11.8 Å². The third-order valence-electron chi connectivity index (χ3n) is 6.55. The van der Waals surface area contributed by atoms with Gasteiger partial charge in [0.1, 0.15) is 36.6 Å². The molecule has 39 heavy (non-hydrogen) atoms. The summed E-state index contributed by atoms with van der Waals surface area (Å²) < 4.78 is 61.4. The Kier molecular flexibility index (Phi) is 10.6. The lowest BCUT2D eigenvalue weighted by atomic mass is 9.83. The normalized spacial score (nSPS) is 43.4. The molecule has 0 spiro atoms. The molecule has 3 aliphatic heterocycles. The molecule has 18 nitrogen and oxygen atoms in total. The number of aliphatic hydroxyl groups is 7. The van der Waals surface area contributed by atoms with E-state index >= 15 is 0 Å². The monoisotopic (exact) mass is 592 g/mol. The highest BCUT2D eigenvalue weighted by Gasteiger charge is 2.48. The van der Waals surface area contributed by atoms with E-state index in [0.717, 1.165) is 6.08 Å². The second kappa shape index (κ2) is 13.0. The molecule has 0 bridgehead atoms. The zero-order valence-electron chi connectivity index (χ0n) is 20.3. The van der Waals surface area contributed by atoms with Crippen molar-refractivity contribution in [3.63, 3.8) is 0 Å². The molecule has 5 unspecified atom stereocenters. The van der Waals surface area contributed by atoms with Crippen LogP contribution in [0.1, 0.15) is 6.92 Å². The van der Waals surface area contributed by atoms with Crippen molar-refractivity contribution in [2.24, 2.45) is 11.8 Å². The lowest BCUT2D eigenvalue weighted by Crippen LogP contribution is -2.59. The van der Waals surface area contributed by atoms with E-state index in [1.54, 1.807) is 0 Å². The molecule has 0 amide bonds. The smallest absolute Gasteiger partial charge is 0.397 e. The molecule has 0 aromatic rings. The van der Waals surface area contributed by atoms with Crippen LogP contribution in [-0.2, 0) is 43.1 Å². The van der Waals surface area contributed by atoms with Crippen LogP contribution in [-0.4, -0.2) is 147 Å². The highest BCUT2D eigenvalue weighted by atomic mass is 32.3. The number of carboxylic acid groups (broad SMARTS) is 1. The van der Waals surface area contributed by atoms with Crippen molar-refractivity contribution in [1.82, 2.24) is 0 Å². The molecule has 3 rings (SSSR count). The van der Waals surface area contributed by atoms with E-state index in [2.05, 4.69) is 4.18 Å². The molecule has 0 aromatic heterocycles. The Morgan fingerprint density at radius 2 is 1.46 bits per heavy atom. The zero-order chi connectivity index (χ0) is 29.2. The molecular formula is C20H32O18S. The van der Waals surface area contributed by atoms with Crippen molar-refractivity contribution in [2.75, 3.05) is 19.8 Å². The SMILES string of the molecule is CC1O[C@@H](OC[C@H]2C(CO[C@@H]3OC(C(=O)O)=C[C@@H](O)C3O)[C@@H](O)OC(COS(=O)(=O)O)[C@H]2O)C(O)[C@@H](O)[C@@H]1O. The Morgan fingerprint density at radius 1 is 0.846 bits per heavy atom. The maximum Gasteiger partial charge on any atom is 0.397 e. The summed E-state index contributed by atoms with van der Waals surface area (Å²) in [6, 6.07) is 0. The van der Waals surface area contributed by atoms with E-state index in [1.165, 1.54) is 6.92 Å². The Bertz CT molecular complexity index is 974. The molecule has 0 aliphatic carbocycles. The second-order valence-electron chi connectivity index (χ2n) is 9.25. The first-order chi connectivity index (χ1) is 18.1. The van der Waals surface area contributed by atoms with Gasteiger partial charge < -0.3 is 64.5 Å². The van der Waals surface area contributed by atoms with E-state index in [1.807, 2.05) is 0 Å². The summed E-state index contributed by atoms with van der Waals surface area (Å²) in [5.41, 5.74) is 0. The van der Waals surface area contributed by atoms with Crippen molar-refractivity contribution in [2.45, 2.75) is 74.6 Å². The van der Waals surface area contributed by atoms with Gasteiger partial charge >= 0.3 is 16.4 Å². The molecule has 2 fully saturated rings. The van der Waals surface area contributed by atoms with Crippen LogP contribution in [0.25, 0.3) is 0 Å². The Hall–Kier alpha value is -1.56. The molecule has 9 N–H and O–H groups in total.